The van der Waals surface area contributed by atoms with Gasteiger partial charge in [0.15, 0.2) is 0 Å². The van der Waals surface area contributed by atoms with Crippen molar-refractivity contribution in [3.8, 4) is 6.07 Å². The first kappa shape index (κ1) is 23.6. The molecule has 0 bridgehead atoms. The van der Waals surface area contributed by atoms with Gasteiger partial charge in [0.1, 0.15) is 12.2 Å². The number of amides is 1. The van der Waals surface area contributed by atoms with Gasteiger partial charge in [0.2, 0.25) is 15.9 Å². The van der Waals surface area contributed by atoms with Gasteiger partial charge >= 0.3 is 0 Å². The molecule has 7 nitrogen and oxygen atoms in total. The van der Waals surface area contributed by atoms with Crippen LogP contribution < -0.4 is 5.32 Å². The number of likely N-dealkylation sites (tertiary alicyclic amines) is 1. The van der Waals surface area contributed by atoms with Crippen LogP contribution in [-0.4, -0.2) is 73.7 Å². The molecule has 33 heavy (non-hydrogen) atoms. The van der Waals surface area contributed by atoms with E-state index >= 15 is 0 Å². The van der Waals surface area contributed by atoms with E-state index in [-0.39, 0.29) is 37.2 Å². The van der Waals surface area contributed by atoms with Gasteiger partial charge in [-0.2, -0.15) is 5.26 Å². The van der Waals surface area contributed by atoms with Crippen LogP contribution >= 0.6 is 0 Å². The zero-order valence-electron chi connectivity index (χ0n) is 18.5. The number of sulfonamides is 1. The molecule has 2 atom stereocenters. The Labute approximate surface area is 194 Å². The second kappa shape index (κ2) is 10.2. The maximum Gasteiger partial charge on any atom is 0.237 e. The number of aryl methyl sites for hydroxylation is 1. The fourth-order valence-electron chi connectivity index (χ4n) is 4.73. The summed E-state index contributed by atoms with van der Waals surface area (Å²) in [4.78, 5) is 13.7. The van der Waals surface area contributed by atoms with Gasteiger partial charge < -0.3 is 10.2 Å². The van der Waals surface area contributed by atoms with E-state index in [0.29, 0.717) is 32.4 Å². The number of piperidine rings is 1. The largest absolute Gasteiger partial charge is 0.323 e. The van der Waals surface area contributed by atoms with Crippen molar-refractivity contribution in [3.05, 3.63) is 48.0 Å². The molecule has 0 radical (unpaired) electrons. The van der Waals surface area contributed by atoms with Crippen molar-refractivity contribution >= 4 is 26.7 Å². The fraction of sp³-hybridized carbons (Fsp3) is 0.500. The molecule has 2 heterocycles. The molecule has 2 fully saturated rings. The smallest absolute Gasteiger partial charge is 0.237 e. The lowest BCUT2D eigenvalue weighted by molar-refractivity contribution is -0.130. The van der Waals surface area contributed by atoms with E-state index in [1.807, 2.05) is 48.5 Å². The number of halogens is 1. The molecule has 0 aromatic heterocycles. The Balaban J connectivity index is 1.26. The molecule has 176 valence electrons. The minimum atomic E-state index is -3.38. The summed E-state index contributed by atoms with van der Waals surface area (Å²) in [6.45, 7) is 0.803. The number of benzene rings is 2. The summed E-state index contributed by atoms with van der Waals surface area (Å²) < 4.78 is 40.9. The molecule has 0 unspecified atom stereocenters. The standard InChI is InChI=1S/C24H29FN4O3S/c25-20-14-22(15-26)29(17-20)24(30)16-27-21-8-11-28(12-9-21)33(31,32)13-10-19-6-3-5-18-4-1-2-7-23(18)19/h1-7,20-22,27H,8-14,16-17H2/t20-,22-/m0/s1. The molecule has 0 aliphatic carbocycles. The Morgan fingerprint density at radius 1 is 1.15 bits per heavy atom. The van der Waals surface area contributed by atoms with E-state index in [2.05, 4.69) is 5.32 Å². The Bertz CT molecular complexity index is 1140. The number of nitrogens with one attached hydrogen (secondary N) is 1. The number of nitriles is 1. The van der Waals surface area contributed by atoms with Crippen LogP contribution in [0.15, 0.2) is 42.5 Å². The van der Waals surface area contributed by atoms with Crippen LogP contribution in [0.3, 0.4) is 0 Å². The monoisotopic (exact) mass is 472 g/mol. The summed E-state index contributed by atoms with van der Waals surface area (Å²) in [5.74, 6) is -0.223. The van der Waals surface area contributed by atoms with E-state index in [1.54, 1.807) is 0 Å². The number of hydrogen-bond donors (Lipinski definition) is 1. The zero-order valence-corrected chi connectivity index (χ0v) is 19.3. The highest BCUT2D eigenvalue weighted by atomic mass is 32.2. The van der Waals surface area contributed by atoms with Crippen LogP contribution in [0.5, 0.6) is 0 Å². The van der Waals surface area contributed by atoms with Crippen LogP contribution in [0, 0.1) is 11.3 Å². The summed E-state index contributed by atoms with van der Waals surface area (Å²) in [7, 11) is -3.38. The van der Waals surface area contributed by atoms with Gasteiger partial charge in [0.05, 0.1) is 24.9 Å². The maximum absolute atomic E-state index is 13.5. The third-order valence-corrected chi connectivity index (χ3v) is 8.49. The number of rotatable bonds is 7. The van der Waals surface area contributed by atoms with Gasteiger partial charge in [-0.05, 0) is 35.6 Å². The third-order valence-electron chi connectivity index (χ3n) is 6.62. The molecule has 1 N–H and O–H groups in total. The summed E-state index contributed by atoms with van der Waals surface area (Å²) >= 11 is 0. The van der Waals surface area contributed by atoms with Crippen molar-refractivity contribution in [1.29, 1.82) is 5.26 Å². The third kappa shape index (κ3) is 5.52. The molecule has 2 aromatic carbocycles. The number of nitrogens with zero attached hydrogens (tertiary/aromatic N) is 3. The van der Waals surface area contributed by atoms with Gasteiger partial charge in [-0.15, -0.1) is 0 Å². The van der Waals surface area contributed by atoms with Crippen LogP contribution in [-0.2, 0) is 21.2 Å². The number of hydrogen-bond acceptors (Lipinski definition) is 5. The van der Waals surface area contributed by atoms with Crippen LogP contribution in [0.2, 0.25) is 0 Å². The van der Waals surface area contributed by atoms with Gasteiger partial charge in [0, 0.05) is 25.6 Å². The molecule has 2 aromatic rings. The van der Waals surface area contributed by atoms with Crippen LogP contribution in [0.1, 0.15) is 24.8 Å². The van der Waals surface area contributed by atoms with Gasteiger partial charge in [-0.3, -0.25) is 4.79 Å². The van der Waals surface area contributed by atoms with Gasteiger partial charge in [0.25, 0.3) is 0 Å². The van der Waals surface area contributed by atoms with Crippen LogP contribution in [0.4, 0.5) is 4.39 Å². The molecule has 2 aliphatic heterocycles. The first-order valence-electron chi connectivity index (χ1n) is 11.4. The number of alkyl halides is 1. The van der Waals surface area contributed by atoms with E-state index in [0.717, 1.165) is 16.3 Å². The SMILES string of the molecule is N#C[C@@H]1C[C@H](F)CN1C(=O)CNC1CCN(S(=O)(=O)CCc2cccc3ccccc23)CC1. The number of carbonyl (C=O) groups excluding carboxylic acids is 1. The lowest BCUT2D eigenvalue weighted by Gasteiger charge is -2.32. The molecule has 0 saturated carbocycles. The predicted octanol–water partition coefficient (Wildman–Crippen LogP) is 2.23. The molecule has 0 spiro atoms. The molecule has 2 saturated heterocycles. The first-order valence-corrected chi connectivity index (χ1v) is 13.0. The maximum atomic E-state index is 13.5. The van der Waals surface area contributed by atoms with Crippen molar-refractivity contribution in [2.45, 2.75) is 43.9 Å². The van der Waals surface area contributed by atoms with E-state index < -0.39 is 22.2 Å². The molecule has 2 aliphatic rings. The number of carbonyl (C=O) groups is 1. The second-order valence-corrected chi connectivity index (χ2v) is 10.9. The fourth-order valence-corrected chi connectivity index (χ4v) is 6.24. The molecular formula is C24H29FN4O3S. The Morgan fingerprint density at radius 3 is 2.64 bits per heavy atom. The van der Waals surface area contributed by atoms with Crippen LogP contribution in [0.25, 0.3) is 10.8 Å². The molecule has 9 heteroatoms. The molecule has 4 rings (SSSR count). The first-order chi connectivity index (χ1) is 15.9. The normalized spacial score (nSPS) is 22.5. The highest BCUT2D eigenvalue weighted by molar-refractivity contribution is 7.89. The van der Waals surface area contributed by atoms with Crippen molar-refractivity contribution < 1.29 is 17.6 Å². The van der Waals surface area contributed by atoms with E-state index in [4.69, 9.17) is 5.26 Å². The van der Waals surface area contributed by atoms with E-state index in [1.165, 1.54) is 9.21 Å². The molecule has 1 amide bonds. The lowest BCUT2D eigenvalue weighted by Crippen LogP contribution is -2.48. The van der Waals surface area contributed by atoms with Crippen molar-refractivity contribution in [2.24, 2.45) is 0 Å². The predicted molar refractivity (Wildman–Crippen MR) is 125 cm³/mol. The summed E-state index contributed by atoms with van der Waals surface area (Å²) in [5.41, 5.74) is 1.03. The average Bonchev–Trinajstić information content (AvgIpc) is 3.22. The molecular weight excluding hydrogens is 443 g/mol. The summed E-state index contributed by atoms with van der Waals surface area (Å²) in [6, 6.07) is 15.2. The summed E-state index contributed by atoms with van der Waals surface area (Å²) in [6.07, 6.45) is 0.586. The average molecular weight is 473 g/mol. The van der Waals surface area contributed by atoms with E-state index in [9.17, 15) is 17.6 Å². The minimum absolute atomic E-state index is 0.0165. The minimum Gasteiger partial charge on any atom is -0.323 e. The number of fused-ring (bicyclic) bond motifs is 1. The highest BCUT2D eigenvalue weighted by Crippen LogP contribution is 2.22. The topological polar surface area (TPSA) is 93.5 Å². The summed E-state index contributed by atoms with van der Waals surface area (Å²) in [5, 5.41) is 14.4. The Morgan fingerprint density at radius 2 is 1.88 bits per heavy atom. The quantitative estimate of drug-likeness (QED) is 0.667. The van der Waals surface area contributed by atoms with Gasteiger partial charge in [-0.25, -0.2) is 17.1 Å². The second-order valence-electron chi connectivity index (χ2n) is 8.78. The Hall–Kier alpha value is -2.54. The Kier molecular flexibility index (Phi) is 7.27. The lowest BCUT2D eigenvalue weighted by atomic mass is 10.0. The van der Waals surface area contributed by atoms with Crippen molar-refractivity contribution in [2.75, 3.05) is 31.9 Å². The van der Waals surface area contributed by atoms with Gasteiger partial charge in [-0.1, -0.05) is 42.5 Å². The van der Waals surface area contributed by atoms with Crippen molar-refractivity contribution in [3.63, 3.8) is 0 Å². The van der Waals surface area contributed by atoms with Crippen molar-refractivity contribution in [1.82, 2.24) is 14.5 Å². The highest BCUT2D eigenvalue weighted by Gasteiger charge is 2.35. The zero-order chi connectivity index (χ0) is 23.4.